The van der Waals surface area contributed by atoms with Crippen LogP contribution in [0.25, 0.3) is 0 Å². The third kappa shape index (κ3) is 3.77. The quantitative estimate of drug-likeness (QED) is 0.533. The highest BCUT2D eigenvalue weighted by atomic mass is 35.5. The molecule has 142 valence electrons. The van der Waals surface area contributed by atoms with Crippen molar-refractivity contribution in [3.8, 4) is 0 Å². The number of halogens is 1. The normalized spacial score (nSPS) is 19.2. The Morgan fingerprint density at radius 1 is 1.27 bits per heavy atom. The van der Waals surface area contributed by atoms with E-state index in [9.17, 15) is 14.4 Å². The standard InChI is InChI=1S/C18H24N4O3.ClH/c1-12(15(23)20-11-8-13-4-6-14(19)7-5-13)22-16(24)18(21-17(22)25)9-2-3-10-18;/h4-7,12H,2-3,8-11,19H2,1H3,(H,20,23)(H,21,25);1H. The zero-order valence-corrected chi connectivity index (χ0v) is 15.6. The fraction of sp³-hybridized carbons (Fsp3) is 0.500. The van der Waals surface area contributed by atoms with Gasteiger partial charge in [-0.15, -0.1) is 12.4 Å². The van der Waals surface area contributed by atoms with Crippen LogP contribution in [0.4, 0.5) is 10.5 Å². The monoisotopic (exact) mass is 380 g/mol. The number of anilines is 1. The number of benzene rings is 1. The maximum atomic E-state index is 12.7. The lowest BCUT2D eigenvalue weighted by molar-refractivity contribution is -0.137. The summed E-state index contributed by atoms with van der Waals surface area (Å²) in [4.78, 5) is 38.3. The molecule has 1 aliphatic carbocycles. The fourth-order valence-corrected chi connectivity index (χ4v) is 3.59. The van der Waals surface area contributed by atoms with E-state index in [0.29, 0.717) is 31.5 Å². The maximum Gasteiger partial charge on any atom is 0.325 e. The molecule has 2 aliphatic rings. The number of rotatable bonds is 5. The van der Waals surface area contributed by atoms with Crippen molar-refractivity contribution in [1.82, 2.24) is 15.5 Å². The van der Waals surface area contributed by atoms with E-state index < -0.39 is 17.6 Å². The molecular weight excluding hydrogens is 356 g/mol. The number of imide groups is 1. The van der Waals surface area contributed by atoms with E-state index in [4.69, 9.17) is 5.73 Å². The average Bonchev–Trinajstić information content (AvgIpc) is 3.14. The molecule has 1 atom stereocenters. The van der Waals surface area contributed by atoms with Gasteiger partial charge >= 0.3 is 6.03 Å². The molecule has 2 fully saturated rings. The summed E-state index contributed by atoms with van der Waals surface area (Å²) in [5.74, 6) is -0.592. The van der Waals surface area contributed by atoms with Crippen molar-refractivity contribution in [2.45, 2.75) is 50.6 Å². The first-order valence-electron chi connectivity index (χ1n) is 8.71. The third-order valence-electron chi connectivity index (χ3n) is 5.11. The molecule has 1 saturated carbocycles. The molecule has 8 heteroatoms. The molecule has 26 heavy (non-hydrogen) atoms. The molecule has 0 aromatic heterocycles. The first-order chi connectivity index (χ1) is 11.9. The summed E-state index contributed by atoms with van der Waals surface area (Å²) in [5.41, 5.74) is 6.61. The van der Waals surface area contributed by atoms with Crippen LogP contribution < -0.4 is 16.4 Å². The lowest BCUT2D eigenvalue weighted by atomic mass is 9.97. The molecule has 1 heterocycles. The molecule has 1 spiro atoms. The summed E-state index contributed by atoms with van der Waals surface area (Å²) in [6.45, 7) is 2.02. The van der Waals surface area contributed by atoms with Crippen molar-refractivity contribution < 1.29 is 14.4 Å². The Kier molecular flexibility index (Phi) is 6.13. The van der Waals surface area contributed by atoms with Gasteiger partial charge in [-0.05, 0) is 43.9 Å². The summed E-state index contributed by atoms with van der Waals surface area (Å²) >= 11 is 0. The second kappa shape index (κ2) is 7.95. The number of carbonyl (C=O) groups is 3. The number of urea groups is 1. The predicted octanol–water partition coefficient (Wildman–Crippen LogP) is 1.60. The SMILES string of the molecule is CC(C(=O)NCCc1ccc(N)cc1)N1C(=O)NC2(CCCC2)C1=O.Cl. The third-order valence-corrected chi connectivity index (χ3v) is 5.11. The number of nitrogens with two attached hydrogens (primary N) is 1. The Labute approximate surface area is 159 Å². The lowest BCUT2D eigenvalue weighted by Gasteiger charge is -2.23. The van der Waals surface area contributed by atoms with Gasteiger partial charge < -0.3 is 16.4 Å². The minimum Gasteiger partial charge on any atom is -0.399 e. The molecule has 1 aromatic carbocycles. The van der Waals surface area contributed by atoms with Crippen LogP contribution in [0, 0.1) is 0 Å². The van der Waals surface area contributed by atoms with E-state index in [1.165, 1.54) is 0 Å². The van der Waals surface area contributed by atoms with Crippen LogP contribution >= 0.6 is 12.4 Å². The zero-order valence-electron chi connectivity index (χ0n) is 14.8. The van der Waals surface area contributed by atoms with E-state index in [-0.39, 0.29) is 24.2 Å². The van der Waals surface area contributed by atoms with Gasteiger partial charge in [-0.3, -0.25) is 9.59 Å². The number of nitrogens with zero attached hydrogens (tertiary/aromatic N) is 1. The van der Waals surface area contributed by atoms with Crippen LogP contribution in [0.3, 0.4) is 0 Å². The van der Waals surface area contributed by atoms with Crippen LogP contribution in [0.2, 0.25) is 0 Å². The summed E-state index contributed by atoms with van der Waals surface area (Å²) in [6.07, 6.45) is 3.80. The second-order valence-electron chi connectivity index (χ2n) is 6.85. The smallest absolute Gasteiger partial charge is 0.325 e. The van der Waals surface area contributed by atoms with Gasteiger partial charge in [-0.25, -0.2) is 9.69 Å². The largest absolute Gasteiger partial charge is 0.399 e. The van der Waals surface area contributed by atoms with Crippen molar-refractivity contribution in [3.63, 3.8) is 0 Å². The van der Waals surface area contributed by atoms with Gasteiger partial charge in [0.05, 0.1) is 0 Å². The Bertz CT molecular complexity index is 686. The van der Waals surface area contributed by atoms with Crippen LogP contribution in [0.5, 0.6) is 0 Å². The number of hydrogen-bond donors (Lipinski definition) is 3. The van der Waals surface area contributed by atoms with Gasteiger partial charge in [0.2, 0.25) is 5.91 Å². The first-order valence-corrected chi connectivity index (χ1v) is 8.71. The predicted molar refractivity (Wildman–Crippen MR) is 101 cm³/mol. The first kappa shape index (κ1) is 20.0. The van der Waals surface area contributed by atoms with Gasteiger partial charge in [-0.2, -0.15) is 0 Å². The number of hydrogen-bond acceptors (Lipinski definition) is 4. The molecule has 4 amide bonds. The molecule has 7 nitrogen and oxygen atoms in total. The van der Waals surface area contributed by atoms with Gasteiger partial charge in [0.1, 0.15) is 11.6 Å². The Morgan fingerprint density at radius 3 is 2.50 bits per heavy atom. The molecule has 0 radical (unpaired) electrons. The van der Waals surface area contributed by atoms with E-state index in [0.717, 1.165) is 23.3 Å². The van der Waals surface area contributed by atoms with E-state index >= 15 is 0 Å². The molecule has 4 N–H and O–H groups in total. The van der Waals surface area contributed by atoms with E-state index in [2.05, 4.69) is 10.6 Å². The minimum atomic E-state index is -0.820. The lowest BCUT2D eigenvalue weighted by Crippen LogP contribution is -2.50. The Morgan fingerprint density at radius 2 is 1.88 bits per heavy atom. The van der Waals surface area contributed by atoms with Gasteiger partial charge in [0.15, 0.2) is 0 Å². The highest BCUT2D eigenvalue weighted by Crippen LogP contribution is 2.35. The van der Waals surface area contributed by atoms with Crippen molar-refractivity contribution in [2.75, 3.05) is 12.3 Å². The molecule has 1 aromatic rings. The van der Waals surface area contributed by atoms with Crippen LogP contribution in [-0.4, -0.2) is 40.9 Å². The Balaban J connectivity index is 0.00000243. The summed E-state index contributed by atoms with van der Waals surface area (Å²) in [7, 11) is 0. The van der Waals surface area contributed by atoms with Crippen molar-refractivity contribution in [2.24, 2.45) is 0 Å². The Hall–Kier alpha value is -2.28. The highest BCUT2D eigenvalue weighted by Gasteiger charge is 2.54. The number of carbonyl (C=O) groups excluding carboxylic acids is 3. The van der Waals surface area contributed by atoms with Crippen molar-refractivity contribution >= 4 is 35.9 Å². The van der Waals surface area contributed by atoms with E-state index in [1.807, 2.05) is 24.3 Å². The fourth-order valence-electron chi connectivity index (χ4n) is 3.59. The zero-order chi connectivity index (χ0) is 18.0. The second-order valence-corrected chi connectivity index (χ2v) is 6.85. The van der Waals surface area contributed by atoms with Gasteiger partial charge in [0.25, 0.3) is 5.91 Å². The highest BCUT2D eigenvalue weighted by molar-refractivity contribution is 6.09. The summed E-state index contributed by atoms with van der Waals surface area (Å²) in [5, 5.41) is 5.60. The summed E-state index contributed by atoms with van der Waals surface area (Å²) < 4.78 is 0. The molecule has 0 bridgehead atoms. The molecule has 1 unspecified atom stereocenters. The molecule has 3 rings (SSSR count). The average molecular weight is 381 g/mol. The van der Waals surface area contributed by atoms with Gasteiger partial charge in [0, 0.05) is 12.2 Å². The maximum absolute atomic E-state index is 12.7. The topological polar surface area (TPSA) is 105 Å². The molecule has 1 saturated heterocycles. The van der Waals surface area contributed by atoms with Crippen molar-refractivity contribution in [3.05, 3.63) is 29.8 Å². The van der Waals surface area contributed by atoms with Gasteiger partial charge in [-0.1, -0.05) is 25.0 Å². The van der Waals surface area contributed by atoms with Crippen molar-refractivity contribution in [1.29, 1.82) is 0 Å². The molecule has 1 aliphatic heterocycles. The minimum absolute atomic E-state index is 0. The van der Waals surface area contributed by atoms with Crippen LogP contribution in [0.1, 0.15) is 38.2 Å². The van der Waals surface area contributed by atoms with Crippen LogP contribution in [0.15, 0.2) is 24.3 Å². The molecular formula is C18H25ClN4O3. The van der Waals surface area contributed by atoms with E-state index in [1.54, 1.807) is 6.92 Å². The summed E-state index contributed by atoms with van der Waals surface area (Å²) in [6, 6.07) is 6.16. The number of nitrogens with one attached hydrogen (secondary N) is 2. The number of amides is 4. The van der Waals surface area contributed by atoms with Crippen LogP contribution in [-0.2, 0) is 16.0 Å². The number of nitrogen functional groups attached to an aromatic ring is 1.